The molecule has 0 radical (unpaired) electrons. The average molecular weight is 246 g/mol. The molecule has 5 nitrogen and oxygen atoms in total. The molecule has 2 aromatic rings. The van der Waals surface area contributed by atoms with Gasteiger partial charge in [-0.15, -0.1) is 0 Å². The fourth-order valence-corrected chi connectivity index (χ4v) is 1.59. The van der Waals surface area contributed by atoms with Crippen molar-refractivity contribution in [3.8, 4) is 5.88 Å². The first-order valence-corrected chi connectivity index (χ1v) is 6.16. The maximum atomic E-state index is 5.29. The number of nitrogens with zero attached hydrogens (tertiary/aromatic N) is 3. The molecular weight excluding hydrogens is 228 g/mol. The van der Waals surface area contributed by atoms with Gasteiger partial charge >= 0.3 is 0 Å². The molecule has 0 fully saturated rings. The molecule has 0 spiro atoms. The standard InChI is InChI=1S/C13H18N4O/c1-3-17-10-11(8-16-17)7-14-12-5-6-13(15-9-12)18-4-2/h5-6,8-10,14H,3-4,7H2,1-2H3. The van der Waals surface area contributed by atoms with Crippen molar-refractivity contribution in [3.63, 3.8) is 0 Å². The third kappa shape index (κ3) is 3.23. The number of nitrogens with one attached hydrogen (secondary N) is 1. The van der Waals surface area contributed by atoms with Gasteiger partial charge in [0.05, 0.1) is 24.7 Å². The molecule has 96 valence electrons. The summed E-state index contributed by atoms with van der Waals surface area (Å²) in [5.74, 6) is 0.654. The van der Waals surface area contributed by atoms with Crippen LogP contribution in [0.15, 0.2) is 30.7 Å². The number of rotatable bonds is 6. The van der Waals surface area contributed by atoms with Crippen molar-refractivity contribution < 1.29 is 4.74 Å². The lowest BCUT2D eigenvalue weighted by Crippen LogP contribution is -2.00. The average Bonchev–Trinajstić information content (AvgIpc) is 2.86. The Morgan fingerprint density at radius 3 is 2.78 bits per heavy atom. The van der Waals surface area contributed by atoms with Gasteiger partial charge in [0.25, 0.3) is 0 Å². The van der Waals surface area contributed by atoms with E-state index in [1.165, 1.54) is 0 Å². The topological polar surface area (TPSA) is 52.0 Å². The molecule has 18 heavy (non-hydrogen) atoms. The van der Waals surface area contributed by atoms with Gasteiger partial charge in [-0.05, 0) is 19.9 Å². The summed E-state index contributed by atoms with van der Waals surface area (Å²) in [6.07, 6.45) is 5.68. The van der Waals surface area contributed by atoms with E-state index in [0.29, 0.717) is 12.5 Å². The summed E-state index contributed by atoms with van der Waals surface area (Å²) in [6, 6.07) is 3.82. The van der Waals surface area contributed by atoms with Gasteiger partial charge in [-0.2, -0.15) is 5.10 Å². The lowest BCUT2D eigenvalue weighted by Gasteiger charge is -2.05. The Bertz CT molecular complexity index is 478. The van der Waals surface area contributed by atoms with Crippen molar-refractivity contribution in [2.75, 3.05) is 11.9 Å². The van der Waals surface area contributed by atoms with Crippen LogP contribution in [0.3, 0.4) is 0 Å². The van der Waals surface area contributed by atoms with E-state index in [-0.39, 0.29) is 0 Å². The van der Waals surface area contributed by atoms with Crippen LogP contribution in [0.2, 0.25) is 0 Å². The van der Waals surface area contributed by atoms with E-state index in [0.717, 1.165) is 24.3 Å². The van der Waals surface area contributed by atoms with Crippen LogP contribution in [0.25, 0.3) is 0 Å². The van der Waals surface area contributed by atoms with E-state index in [4.69, 9.17) is 4.74 Å². The zero-order valence-corrected chi connectivity index (χ0v) is 10.8. The van der Waals surface area contributed by atoms with Gasteiger partial charge in [0, 0.05) is 30.9 Å². The molecule has 0 bridgehead atoms. The quantitative estimate of drug-likeness (QED) is 0.849. The molecule has 1 N–H and O–H groups in total. The van der Waals surface area contributed by atoms with Gasteiger partial charge in [-0.1, -0.05) is 0 Å². The Kier molecular flexibility index (Phi) is 4.17. The van der Waals surface area contributed by atoms with Crippen molar-refractivity contribution in [3.05, 3.63) is 36.3 Å². The number of anilines is 1. The van der Waals surface area contributed by atoms with Crippen molar-refractivity contribution in [2.24, 2.45) is 0 Å². The van der Waals surface area contributed by atoms with Crippen molar-refractivity contribution in [1.29, 1.82) is 0 Å². The largest absolute Gasteiger partial charge is 0.478 e. The van der Waals surface area contributed by atoms with Crippen LogP contribution in [-0.4, -0.2) is 21.4 Å². The predicted octanol–water partition coefficient (Wildman–Crippen LogP) is 2.31. The Morgan fingerprint density at radius 2 is 2.17 bits per heavy atom. The maximum absolute atomic E-state index is 5.29. The Morgan fingerprint density at radius 1 is 1.28 bits per heavy atom. The van der Waals surface area contributed by atoms with Crippen LogP contribution in [0.1, 0.15) is 19.4 Å². The van der Waals surface area contributed by atoms with Crippen LogP contribution in [0.5, 0.6) is 5.88 Å². The maximum Gasteiger partial charge on any atom is 0.213 e. The van der Waals surface area contributed by atoms with Gasteiger partial charge in [0.1, 0.15) is 0 Å². The summed E-state index contributed by atoms with van der Waals surface area (Å²) in [7, 11) is 0. The summed E-state index contributed by atoms with van der Waals surface area (Å²) in [4.78, 5) is 4.20. The fourth-order valence-electron chi connectivity index (χ4n) is 1.59. The molecule has 0 aliphatic heterocycles. The Balaban J connectivity index is 1.89. The molecule has 0 saturated heterocycles. The highest BCUT2D eigenvalue weighted by Gasteiger charge is 1.99. The highest BCUT2D eigenvalue weighted by molar-refractivity contribution is 5.42. The minimum Gasteiger partial charge on any atom is -0.478 e. The second-order valence-corrected chi connectivity index (χ2v) is 3.88. The van der Waals surface area contributed by atoms with Crippen LogP contribution in [0, 0.1) is 0 Å². The number of aryl methyl sites for hydroxylation is 1. The summed E-state index contributed by atoms with van der Waals surface area (Å²) < 4.78 is 7.20. The Hall–Kier alpha value is -2.04. The first-order valence-electron chi connectivity index (χ1n) is 6.16. The smallest absolute Gasteiger partial charge is 0.213 e. The SMILES string of the molecule is CCOc1ccc(NCc2cnn(CC)c2)cn1. The third-order valence-electron chi connectivity index (χ3n) is 2.54. The van der Waals surface area contributed by atoms with Crippen LogP contribution < -0.4 is 10.1 Å². The highest BCUT2D eigenvalue weighted by Crippen LogP contribution is 2.12. The molecule has 0 saturated carbocycles. The number of hydrogen-bond acceptors (Lipinski definition) is 4. The Labute approximate surface area is 107 Å². The van der Waals surface area contributed by atoms with Crippen LogP contribution in [0.4, 0.5) is 5.69 Å². The van der Waals surface area contributed by atoms with E-state index in [9.17, 15) is 0 Å². The van der Waals surface area contributed by atoms with E-state index >= 15 is 0 Å². The highest BCUT2D eigenvalue weighted by atomic mass is 16.5. The lowest BCUT2D eigenvalue weighted by atomic mass is 10.3. The zero-order chi connectivity index (χ0) is 12.8. The molecule has 2 heterocycles. The van der Waals surface area contributed by atoms with E-state index in [1.54, 1.807) is 6.20 Å². The van der Waals surface area contributed by atoms with Crippen molar-refractivity contribution in [2.45, 2.75) is 26.9 Å². The lowest BCUT2D eigenvalue weighted by molar-refractivity contribution is 0.327. The van der Waals surface area contributed by atoms with Gasteiger partial charge in [0.2, 0.25) is 5.88 Å². The molecule has 2 rings (SSSR count). The minimum atomic E-state index is 0.635. The molecule has 0 atom stereocenters. The molecular formula is C13H18N4O. The van der Waals surface area contributed by atoms with Crippen molar-refractivity contribution >= 4 is 5.69 Å². The van der Waals surface area contributed by atoms with Crippen LogP contribution in [-0.2, 0) is 13.1 Å². The number of ether oxygens (including phenoxy) is 1. The predicted molar refractivity (Wildman–Crippen MR) is 70.6 cm³/mol. The third-order valence-corrected chi connectivity index (χ3v) is 2.54. The first kappa shape index (κ1) is 12.4. The van der Waals surface area contributed by atoms with E-state index < -0.39 is 0 Å². The van der Waals surface area contributed by atoms with Crippen LogP contribution >= 0.6 is 0 Å². The van der Waals surface area contributed by atoms with Gasteiger partial charge in [0.15, 0.2) is 0 Å². The molecule has 0 unspecified atom stereocenters. The summed E-state index contributed by atoms with van der Waals surface area (Å²) in [5.41, 5.74) is 2.13. The number of pyridine rings is 1. The summed E-state index contributed by atoms with van der Waals surface area (Å²) in [5, 5.41) is 7.52. The minimum absolute atomic E-state index is 0.635. The first-order chi connectivity index (χ1) is 8.81. The molecule has 5 heteroatoms. The molecule has 0 aromatic carbocycles. The van der Waals surface area contributed by atoms with Gasteiger partial charge in [-0.25, -0.2) is 4.98 Å². The number of hydrogen-bond donors (Lipinski definition) is 1. The molecule has 2 aromatic heterocycles. The molecule has 0 aliphatic rings. The number of aromatic nitrogens is 3. The second-order valence-electron chi connectivity index (χ2n) is 3.88. The van der Waals surface area contributed by atoms with Gasteiger partial charge in [-0.3, -0.25) is 4.68 Å². The second kappa shape index (κ2) is 6.05. The summed E-state index contributed by atoms with van der Waals surface area (Å²) in [6.45, 7) is 6.29. The normalized spacial score (nSPS) is 10.3. The van der Waals surface area contributed by atoms with E-state index in [1.807, 2.05) is 36.1 Å². The molecule has 0 amide bonds. The molecule has 0 aliphatic carbocycles. The van der Waals surface area contributed by atoms with Crippen molar-refractivity contribution in [1.82, 2.24) is 14.8 Å². The zero-order valence-electron chi connectivity index (χ0n) is 10.8. The summed E-state index contributed by atoms with van der Waals surface area (Å²) >= 11 is 0. The monoisotopic (exact) mass is 246 g/mol. The van der Waals surface area contributed by atoms with Gasteiger partial charge < -0.3 is 10.1 Å². The fraction of sp³-hybridized carbons (Fsp3) is 0.385. The van der Waals surface area contributed by atoms with E-state index in [2.05, 4.69) is 22.3 Å².